The maximum absolute atomic E-state index is 10.5. The molecule has 0 radical (unpaired) electrons. The summed E-state index contributed by atoms with van der Waals surface area (Å²) >= 11 is 6.08. The highest BCUT2D eigenvalue weighted by molar-refractivity contribution is 6.31. The molecule has 0 fully saturated rings. The fourth-order valence-electron chi connectivity index (χ4n) is 1.78. The van der Waals surface area contributed by atoms with Crippen molar-refractivity contribution in [2.24, 2.45) is 0 Å². The standard InChI is InChI=1S/C11H19ClN2O2/c1-4-6-14-10(9(12)7-13-14)11(15,5-2)8-16-3/h7,15H,4-6,8H2,1-3H3. The minimum atomic E-state index is -1.06. The van der Waals surface area contributed by atoms with Crippen molar-refractivity contribution in [3.05, 3.63) is 16.9 Å². The Labute approximate surface area is 101 Å². The lowest BCUT2D eigenvalue weighted by Crippen LogP contribution is -2.33. The second-order valence-corrected chi connectivity index (χ2v) is 4.29. The molecule has 92 valence electrons. The first kappa shape index (κ1) is 13.5. The van der Waals surface area contributed by atoms with Crippen LogP contribution in [-0.2, 0) is 16.9 Å². The number of nitrogens with zero attached hydrogens (tertiary/aromatic N) is 2. The lowest BCUT2D eigenvalue weighted by Gasteiger charge is -2.27. The van der Waals surface area contributed by atoms with E-state index in [1.54, 1.807) is 18.0 Å². The molecule has 1 rings (SSSR count). The molecule has 1 aromatic rings. The molecular formula is C11H19ClN2O2. The molecular weight excluding hydrogens is 228 g/mol. The fraction of sp³-hybridized carbons (Fsp3) is 0.727. The van der Waals surface area contributed by atoms with Crippen molar-refractivity contribution in [3.8, 4) is 0 Å². The fourth-order valence-corrected chi connectivity index (χ4v) is 2.10. The van der Waals surface area contributed by atoms with E-state index in [2.05, 4.69) is 12.0 Å². The average molecular weight is 247 g/mol. The smallest absolute Gasteiger partial charge is 0.131 e. The molecule has 0 aliphatic rings. The van der Waals surface area contributed by atoms with Crippen molar-refractivity contribution in [2.75, 3.05) is 13.7 Å². The van der Waals surface area contributed by atoms with Crippen LogP contribution in [0.4, 0.5) is 0 Å². The molecule has 1 unspecified atom stereocenters. The predicted octanol–water partition coefficient (Wildman–Crippen LogP) is 2.19. The molecule has 16 heavy (non-hydrogen) atoms. The molecule has 0 spiro atoms. The maximum atomic E-state index is 10.5. The lowest BCUT2D eigenvalue weighted by molar-refractivity contribution is -0.0448. The van der Waals surface area contributed by atoms with Gasteiger partial charge in [0, 0.05) is 13.7 Å². The Balaban J connectivity index is 3.11. The number of halogens is 1. The molecule has 0 aliphatic heterocycles. The molecule has 1 atom stereocenters. The van der Waals surface area contributed by atoms with Crippen molar-refractivity contribution in [2.45, 2.75) is 38.8 Å². The largest absolute Gasteiger partial charge is 0.381 e. The van der Waals surface area contributed by atoms with E-state index in [1.807, 2.05) is 6.92 Å². The molecule has 0 aliphatic carbocycles. The third-order valence-corrected chi connectivity index (χ3v) is 2.92. The summed E-state index contributed by atoms with van der Waals surface area (Å²) in [5.74, 6) is 0. The highest BCUT2D eigenvalue weighted by atomic mass is 35.5. The Bertz CT molecular complexity index is 341. The Hall–Kier alpha value is -0.580. The van der Waals surface area contributed by atoms with Gasteiger partial charge in [0.05, 0.1) is 23.5 Å². The van der Waals surface area contributed by atoms with Crippen molar-refractivity contribution in [3.63, 3.8) is 0 Å². The molecule has 5 heteroatoms. The quantitative estimate of drug-likeness (QED) is 0.837. The van der Waals surface area contributed by atoms with E-state index < -0.39 is 5.60 Å². The summed E-state index contributed by atoms with van der Waals surface area (Å²) in [6.45, 7) is 4.92. The summed E-state index contributed by atoms with van der Waals surface area (Å²) < 4.78 is 6.81. The van der Waals surface area contributed by atoms with Gasteiger partial charge < -0.3 is 9.84 Å². The van der Waals surface area contributed by atoms with Gasteiger partial charge >= 0.3 is 0 Å². The lowest BCUT2D eigenvalue weighted by atomic mass is 9.97. The minimum absolute atomic E-state index is 0.221. The van der Waals surface area contributed by atoms with Gasteiger partial charge in [0.2, 0.25) is 0 Å². The zero-order valence-electron chi connectivity index (χ0n) is 10.0. The summed E-state index contributed by atoms with van der Waals surface area (Å²) in [5, 5.41) is 15.2. The Morgan fingerprint density at radius 3 is 2.75 bits per heavy atom. The van der Waals surface area contributed by atoms with Gasteiger partial charge in [-0.2, -0.15) is 5.10 Å². The Kier molecular flexibility index (Phi) is 4.77. The predicted molar refractivity (Wildman–Crippen MR) is 63.6 cm³/mol. The molecule has 4 nitrogen and oxygen atoms in total. The summed E-state index contributed by atoms with van der Waals surface area (Å²) in [6.07, 6.45) is 3.05. The van der Waals surface area contributed by atoms with E-state index in [4.69, 9.17) is 16.3 Å². The molecule has 0 amide bonds. The molecule has 1 heterocycles. The first-order valence-corrected chi connectivity index (χ1v) is 5.90. The van der Waals surface area contributed by atoms with Crippen LogP contribution in [0.25, 0.3) is 0 Å². The second-order valence-electron chi connectivity index (χ2n) is 3.88. The van der Waals surface area contributed by atoms with Crippen LogP contribution in [0.1, 0.15) is 32.4 Å². The molecule has 0 bridgehead atoms. The van der Waals surface area contributed by atoms with Gasteiger partial charge in [-0.1, -0.05) is 25.4 Å². The SMILES string of the molecule is CCCn1ncc(Cl)c1C(O)(CC)COC. The first-order chi connectivity index (χ1) is 7.59. The van der Waals surface area contributed by atoms with Gasteiger partial charge in [-0.15, -0.1) is 0 Å². The first-order valence-electron chi connectivity index (χ1n) is 5.52. The zero-order valence-corrected chi connectivity index (χ0v) is 10.8. The number of hydrogen-bond acceptors (Lipinski definition) is 3. The number of aromatic nitrogens is 2. The van der Waals surface area contributed by atoms with Gasteiger partial charge in [-0.3, -0.25) is 4.68 Å². The van der Waals surface area contributed by atoms with Crippen LogP contribution in [0.15, 0.2) is 6.20 Å². The van der Waals surface area contributed by atoms with E-state index in [0.717, 1.165) is 13.0 Å². The van der Waals surface area contributed by atoms with Gasteiger partial charge in [-0.25, -0.2) is 0 Å². The van der Waals surface area contributed by atoms with Crippen LogP contribution in [0.5, 0.6) is 0 Å². The van der Waals surface area contributed by atoms with Crippen LogP contribution in [-0.4, -0.2) is 28.6 Å². The van der Waals surface area contributed by atoms with Crippen molar-refractivity contribution in [1.29, 1.82) is 0 Å². The van der Waals surface area contributed by atoms with Crippen LogP contribution < -0.4 is 0 Å². The normalized spacial score (nSPS) is 15.1. The van der Waals surface area contributed by atoms with E-state index in [0.29, 0.717) is 17.1 Å². The van der Waals surface area contributed by atoms with Gasteiger partial charge in [-0.05, 0) is 12.8 Å². The van der Waals surface area contributed by atoms with Gasteiger partial charge in [0.15, 0.2) is 0 Å². The summed E-state index contributed by atoms with van der Waals surface area (Å²) in [7, 11) is 1.56. The molecule has 1 N–H and O–H groups in total. The molecule has 1 aromatic heterocycles. The van der Waals surface area contributed by atoms with Crippen molar-refractivity contribution < 1.29 is 9.84 Å². The number of aliphatic hydroxyl groups is 1. The summed E-state index contributed by atoms with van der Waals surface area (Å²) in [4.78, 5) is 0. The van der Waals surface area contributed by atoms with Crippen LogP contribution in [0.2, 0.25) is 5.02 Å². The van der Waals surface area contributed by atoms with Crippen LogP contribution >= 0.6 is 11.6 Å². The third-order valence-electron chi connectivity index (χ3n) is 2.64. The van der Waals surface area contributed by atoms with Crippen LogP contribution in [0.3, 0.4) is 0 Å². The topological polar surface area (TPSA) is 47.3 Å². The Morgan fingerprint density at radius 2 is 2.25 bits per heavy atom. The molecule has 0 saturated carbocycles. The van der Waals surface area contributed by atoms with Crippen molar-refractivity contribution >= 4 is 11.6 Å². The number of ether oxygens (including phenoxy) is 1. The van der Waals surface area contributed by atoms with E-state index >= 15 is 0 Å². The summed E-state index contributed by atoms with van der Waals surface area (Å²) in [5.41, 5.74) is -0.405. The molecule has 0 saturated heterocycles. The number of hydrogen-bond donors (Lipinski definition) is 1. The zero-order chi connectivity index (χ0) is 12.2. The highest BCUT2D eigenvalue weighted by Crippen LogP contribution is 2.31. The van der Waals surface area contributed by atoms with Gasteiger partial charge in [0.1, 0.15) is 5.60 Å². The maximum Gasteiger partial charge on any atom is 0.131 e. The Morgan fingerprint density at radius 1 is 1.56 bits per heavy atom. The average Bonchev–Trinajstić information content (AvgIpc) is 2.61. The van der Waals surface area contributed by atoms with E-state index in [1.165, 1.54) is 0 Å². The van der Waals surface area contributed by atoms with Crippen molar-refractivity contribution in [1.82, 2.24) is 9.78 Å². The van der Waals surface area contributed by atoms with E-state index in [-0.39, 0.29) is 6.61 Å². The van der Waals surface area contributed by atoms with E-state index in [9.17, 15) is 5.11 Å². The highest BCUT2D eigenvalue weighted by Gasteiger charge is 2.33. The van der Waals surface area contributed by atoms with Gasteiger partial charge in [0.25, 0.3) is 0 Å². The number of aryl methyl sites for hydroxylation is 1. The molecule has 0 aromatic carbocycles. The monoisotopic (exact) mass is 246 g/mol. The number of rotatable bonds is 6. The van der Waals surface area contributed by atoms with Crippen LogP contribution in [0, 0.1) is 0 Å². The second kappa shape index (κ2) is 5.66. The number of methoxy groups -OCH3 is 1. The third kappa shape index (κ3) is 2.56. The summed E-state index contributed by atoms with van der Waals surface area (Å²) in [6, 6.07) is 0. The minimum Gasteiger partial charge on any atom is -0.381 e.